The molecule has 14 heteroatoms. The number of anilines is 1. The molecule has 1 aliphatic rings. The Bertz CT molecular complexity index is 1430. The summed E-state index contributed by atoms with van der Waals surface area (Å²) in [4.78, 5) is 57.6. The van der Waals surface area contributed by atoms with E-state index >= 15 is 0 Å². The van der Waals surface area contributed by atoms with Gasteiger partial charge in [0.25, 0.3) is 0 Å². The SMILES string of the molecule is CC(C)(C)OC(=O)N(CCCCCC(=O)OC[C@H]1O[C@@H](n2ccc(N)nc2=O)CS1)CCCCCN(Cc1ccccc1)C(=O)OC(C)(C)C. The maximum Gasteiger partial charge on any atom is 0.410 e. The van der Waals surface area contributed by atoms with Crippen LogP contribution in [0.15, 0.2) is 47.4 Å². The monoisotopic (exact) mass is 717 g/mol. The summed E-state index contributed by atoms with van der Waals surface area (Å²) in [6, 6.07) is 11.4. The average molecular weight is 718 g/mol. The second kappa shape index (κ2) is 19.6. The largest absolute Gasteiger partial charge is 0.462 e. The average Bonchev–Trinajstić information content (AvgIpc) is 3.49. The summed E-state index contributed by atoms with van der Waals surface area (Å²) in [7, 11) is 0. The summed E-state index contributed by atoms with van der Waals surface area (Å²) in [5.74, 6) is 0.358. The van der Waals surface area contributed by atoms with Crippen molar-refractivity contribution in [2.45, 2.75) is 116 Å². The number of nitrogen functional groups attached to an aromatic ring is 1. The van der Waals surface area contributed by atoms with Crippen LogP contribution in [0.2, 0.25) is 0 Å². The van der Waals surface area contributed by atoms with Crippen LogP contribution in [0.5, 0.6) is 0 Å². The van der Waals surface area contributed by atoms with Crippen LogP contribution in [0.3, 0.4) is 0 Å². The number of nitrogens with zero attached hydrogens (tertiary/aromatic N) is 4. The lowest BCUT2D eigenvalue weighted by Crippen LogP contribution is -2.38. The highest BCUT2D eigenvalue weighted by molar-refractivity contribution is 8.00. The second-order valence-corrected chi connectivity index (χ2v) is 15.5. The van der Waals surface area contributed by atoms with Gasteiger partial charge in [-0.05, 0) is 85.3 Å². The number of unbranched alkanes of at least 4 members (excludes halogenated alkanes) is 4. The normalized spacial score (nSPS) is 16.1. The Morgan fingerprint density at radius 2 is 1.46 bits per heavy atom. The van der Waals surface area contributed by atoms with Crippen molar-refractivity contribution >= 4 is 35.7 Å². The molecule has 1 aliphatic heterocycles. The van der Waals surface area contributed by atoms with Gasteiger partial charge in [-0.15, -0.1) is 11.8 Å². The van der Waals surface area contributed by atoms with Gasteiger partial charge < -0.3 is 34.5 Å². The van der Waals surface area contributed by atoms with E-state index < -0.39 is 23.1 Å². The van der Waals surface area contributed by atoms with E-state index in [0.29, 0.717) is 44.8 Å². The van der Waals surface area contributed by atoms with Gasteiger partial charge in [0.2, 0.25) is 0 Å². The summed E-state index contributed by atoms with van der Waals surface area (Å²) < 4.78 is 24.0. The molecule has 0 saturated carbocycles. The van der Waals surface area contributed by atoms with Crippen LogP contribution in [0.4, 0.5) is 15.4 Å². The fourth-order valence-corrected chi connectivity index (χ4v) is 6.06. The number of carbonyl (C=O) groups is 3. The molecule has 0 bridgehead atoms. The molecule has 3 rings (SSSR count). The lowest BCUT2D eigenvalue weighted by Gasteiger charge is -2.28. The van der Waals surface area contributed by atoms with Gasteiger partial charge in [0.1, 0.15) is 35.3 Å². The molecule has 1 aromatic heterocycles. The van der Waals surface area contributed by atoms with Crippen LogP contribution in [0.25, 0.3) is 0 Å². The first-order valence-corrected chi connectivity index (χ1v) is 18.4. The van der Waals surface area contributed by atoms with Gasteiger partial charge in [0.05, 0.1) is 0 Å². The van der Waals surface area contributed by atoms with Gasteiger partial charge in [-0.2, -0.15) is 4.98 Å². The smallest absolute Gasteiger partial charge is 0.410 e. The van der Waals surface area contributed by atoms with Gasteiger partial charge in [0, 0.05) is 44.5 Å². The fraction of sp³-hybridized carbons (Fsp3) is 0.639. The van der Waals surface area contributed by atoms with E-state index in [2.05, 4.69) is 4.98 Å². The molecule has 1 fully saturated rings. The summed E-state index contributed by atoms with van der Waals surface area (Å²) in [5, 5.41) is 0. The molecule has 0 unspecified atom stereocenters. The van der Waals surface area contributed by atoms with Crippen LogP contribution in [-0.4, -0.2) is 86.1 Å². The predicted molar refractivity (Wildman–Crippen MR) is 193 cm³/mol. The van der Waals surface area contributed by atoms with E-state index in [4.69, 9.17) is 24.7 Å². The van der Waals surface area contributed by atoms with Gasteiger partial charge in [-0.1, -0.05) is 36.8 Å². The van der Waals surface area contributed by atoms with Crippen LogP contribution >= 0.6 is 11.8 Å². The molecule has 2 N–H and O–H groups in total. The quantitative estimate of drug-likeness (QED) is 0.110. The van der Waals surface area contributed by atoms with Crippen molar-refractivity contribution in [2.75, 3.05) is 37.7 Å². The molecule has 0 spiro atoms. The second-order valence-electron chi connectivity index (χ2n) is 14.3. The van der Waals surface area contributed by atoms with Gasteiger partial charge in [0.15, 0.2) is 0 Å². The Morgan fingerprint density at radius 3 is 2.06 bits per heavy atom. The number of hydrogen-bond acceptors (Lipinski definition) is 11. The first kappa shape index (κ1) is 40.6. The number of rotatable bonds is 17. The number of esters is 1. The molecule has 2 heterocycles. The third-order valence-electron chi connectivity index (χ3n) is 7.46. The Balaban J connectivity index is 1.38. The Labute approximate surface area is 300 Å². The van der Waals surface area contributed by atoms with E-state index in [1.165, 1.54) is 22.4 Å². The molecule has 0 radical (unpaired) electrons. The molecule has 0 aliphatic carbocycles. The lowest BCUT2D eigenvalue weighted by atomic mass is 10.1. The lowest BCUT2D eigenvalue weighted by molar-refractivity contribution is -0.147. The maximum atomic E-state index is 13.0. The standard InChI is InChI=1S/C36H55N5O8S/c1-35(2,3)48-33(44)39(21-14-9-15-22-40(34(45)49-36(4,5)6)24-27-16-10-7-11-17-27)20-13-8-12-18-30(42)46-25-31-47-29(26-50-31)41-23-19-28(37)38-32(41)43/h7,10-11,16-17,19,23,29,31H,8-9,12-15,18,20-22,24-26H2,1-6H3,(H2,37,38,43)/t29-,31+/m1/s1. The molecular weight excluding hydrogens is 662 g/mol. The van der Waals surface area contributed by atoms with Gasteiger partial charge in [-0.3, -0.25) is 9.36 Å². The highest BCUT2D eigenvalue weighted by Gasteiger charge is 2.29. The topological polar surface area (TPSA) is 156 Å². The molecule has 2 aromatic rings. The zero-order chi connectivity index (χ0) is 36.7. The van der Waals surface area contributed by atoms with Gasteiger partial charge in [-0.25, -0.2) is 14.4 Å². The first-order chi connectivity index (χ1) is 23.6. The summed E-state index contributed by atoms with van der Waals surface area (Å²) in [6.45, 7) is 13.2. The van der Waals surface area contributed by atoms with Crippen molar-refractivity contribution in [3.8, 4) is 0 Å². The number of hydrogen-bond donors (Lipinski definition) is 1. The Kier molecular flexibility index (Phi) is 15.9. The number of nitrogens with two attached hydrogens (primary N) is 1. The summed E-state index contributed by atoms with van der Waals surface area (Å²) >= 11 is 1.47. The number of ether oxygens (including phenoxy) is 4. The van der Waals surface area contributed by atoms with Crippen molar-refractivity contribution in [1.29, 1.82) is 0 Å². The minimum Gasteiger partial charge on any atom is -0.462 e. The zero-order valence-electron chi connectivity index (χ0n) is 30.4. The third kappa shape index (κ3) is 15.4. The van der Waals surface area contributed by atoms with Crippen molar-refractivity contribution < 1.29 is 33.3 Å². The van der Waals surface area contributed by atoms with Crippen molar-refractivity contribution in [3.05, 3.63) is 58.6 Å². The molecule has 2 amide bonds. The van der Waals surface area contributed by atoms with E-state index in [1.807, 2.05) is 71.9 Å². The van der Waals surface area contributed by atoms with Crippen molar-refractivity contribution in [2.24, 2.45) is 0 Å². The van der Waals surface area contributed by atoms with E-state index in [0.717, 1.165) is 31.2 Å². The van der Waals surface area contributed by atoms with Crippen LogP contribution < -0.4 is 11.4 Å². The molecule has 2 atom stereocenters. The minimum absolute atomic E-state index is 0.0887. The number of amides is 2. The molecule has 13 nitrogen and oxygen atoms in total. The number of thioether (sulfide) groups is 1. The first-order valence-electron chi connectivity index (χ1n) is 17.4. The minimum atomic E-state index is -0.617. The predicted octanol–water partition coefficient (Wildman–Crippen LogP) is 6.36. The Morgan fingerprint density at radius 1 is 0.880 bits per heavy atom. The van der Waals surface area contributed by atoms with E-state index in [1.54, 1.807) is 16.0 Å². The van der Waals surface area contributed by atoms with Crippen LogP contribution in [0.1, 0.15) is 98.3 Å². The summed E-state index contributed by atoms with van der Waals surface area (Å²) in [6.07, 6.45) is 5.01. The number of aromatic nitrogens is 2. The Hall–Kier alpha value is -3.78. The number of benzene rings is 1. The zero-order valence-corrected chi connectivity index (χ0v) is 31.2. The maximum absolute atomic E-state index is 13.0. The number of carbonyl (C=O) groups excluding carboxylic acids is 3. The molecule has 278 valence electrons. The van der Waals surface area contributed by atoms with Crippen molar-refractivity contribution in [3.63, 3.8) is 0 Å². The fourth-order valence-electron chi connectivity index (χ4n) is 5.07. The van der Waals surface area contributed by atoms with E-state index in [-0.39, 0.29) is 42.4 Å². The highest BCUT2D eigenvalue weighted by atomic mass is 32.2. The van der Waals surface area contributed by atoms with Crippen LogP contribution in [-0.2, 0) is 30.3 Å². The van der Waals surface area contributed by atoms with Gasteiger partial charge >= 0.3 is 23.8 Å². The summed E-state index contributed by atoms with van der Waals surface area (Å²) in [5.41, 5.74) is 4.52. The molecule has 1 aromatic carbocycles. The molecule has 50 heavy (non-hydrogen) atoms. The van der Waals surface area contributed by atoms with Crippen LogP contribution in [0, 0.1) is 0 Å². The van der Waals surface area contributed by atoms with E-state index in [9.17, 15) is 19.2 Å². The molecular formula is C36H55N5O8S. The highest BCUT2D eigenvalue weighted by Crippen LogP contribution is 2.31. The van der Waals surface area contributed by atoms with Crippen molar-refractivity contribution in [1.82, 2.24) is 19.4 Å². The molecule has 1 saturated heterocycles. The third-order valence-corrected chi connectivity index (χ3v) is 8.56.